The van der Waals surface area contributed by atoms with Gasteiger partial charge in [-0.25, -0.2) is 0 Å². The summed E-state index contributed by atoms with van der Waals surface area (Å²) in [6, 6.07) is 15.2. The van der Waals surface area contributed by atoms with Gasteiger partial charge in [-0.2, -0.15) is 0 Å². The summed E-state index contributed by atoms with van der Waals surface area (Å²) in [6.45, 7) is 3.97. The molecule has 2 heterocycles. The molecule has 206 valence electrons. The Morgan fingerprint density at radius 1 is 1.00 bits per heavy atom. The predicted molar refractivity (Wildman–Crippen MR) is 152 cm³/mol. The van der Waals surface area contributed by atoms with Gasteiger partial charge in [-0.05, 0) is 68.1 Å². The molecule has 3 fully saturated rings. The number of allylic oxidation sites excluding steroid dienone is 1. The van der Waals surface area contributed by atoms with E-state index in [1.807, 2.05) is 6.07 Å². The Hall–Kier alpha value is -2.34. The maximum absolute atomic E-state index is 12.9. The molecule has 4 aliphatic carbocycles. The molecule has 1 spiro atoms. The molecule has 5 heteroatoms. The minimum atomic E-state index is -0.836. The minimum Gasteiger partial charge on any atom is -0.504 e. The molecule has 39 heavy (non-hydrogen) atoms. The molecule has 0 radical (unpaired) electrons. The topological polar surface area (TPSA) is 56.2 Å². The summed E-state index contributed by atoms with van der Waals surface area (Å²) in [6.07, 6.45) is 13.4. The molecule has 0 aromatic heterocycles. The van der Waals surface area contributed by atoms with E-state index in [9.17, 15) is 10.2 Å². The molecule has 2 aromatic rings. The third-order valence-electron chi connectivity index (χ3n) is 11.4. The summed E-state index contributed by atoms with van der Waals surface area (Å²) in [5.74, 6) is 1.63. The fourth-order valence-electron chi connectivity index (χ4n) is 9.47. The van der Waals surface area contributed by atoms with E-state index in [0.717, 1.165) is 69.8 Å². The largest absolute Gasteiger partial charge is 0.504 e. The van der Waals surface area contributed by atoms with E-state index in [1.54, 1.807) is 0 Å². The second-order valence-electron chi connectivity index (χ2n) is 13.4. The Bertz CT molecular complexity index is 1290. The molecule has 6 aliphatic rings. The van der Waals surface area contributed by atoms with Crippen molar-refractivity contribution < 1.29 is 14.9 Å². The Morgan fingerprint density at radius 2 is 1.82 bits per heavy atom. The molecular formula is C34H42N2O3. The summed E-state index contributed by atoms with van der Waals surface area (Å²) in [5, 5.41) is 23.9. The number of likely N-dealkylation sites (tertiary alicyclic amines) is 1. The summed E-state index contributed by atoms with van der Waals surface area (Å²) < 4.78 is 6.94. The molecule has 2 bridgehead atoms. The Labute approximate surface area is 232 Å². The first-order valence-corrected chi connectivity index (χ1v) is 15.5. The van der Waals surface area contributed by atoms with Crippen LogP contribution in [0.15, 0.2) is 54.1 Å². The van der Waals surface area contributed by atoms with E-state index in [-0.39, 0.29) is 23.9 Å². The van der Waals surface area contributed by atoms with Gasteiger partial charge in [-0.1, -0.05) is 67.3 Å². The Morgan fingerprint density at radius 3 is 2.62 bits per heavy atom. The number of benzene rings is 2. The Kier molecular flexibility index (Phi) is 5.70. The van der Waals surface area contributed by atoms with Gasteiger partial charge < -0.3 is 14.9 Å². The molecule has 8 rings (SSSR count). The van der Waals surface area contributed by atoms with Gasteiger partial charge >= 0.3 is 0 Å². The number of rotatable bonds is 7. The van der Waals surface area contributed by atoms with Crippen LogP contribution in [0.25, 0.3) is 0 Å². The number of phenols is 1. The fourth-order valence-corrected chi connectivity index (χ4v) is 9.47. The number of phenolic OH excluding ortho intramolecular Hbond substituents is 1. The maximum atomic E-state index is 12.9. The molecule has 0 amide bonds. The lowest BCUT2D eigenvalue weighted by atomic mass is 9.48. The summed E-state index contributed by atoms with van der Waals surface area (Å²) in [5.41, 5.74) is 3.98. The standard InChI is InChI=1S/C34H42N2O3/c37-28-14-13-26-19-29-34(38)16-15-27(36(21-23-7-3-1-4-8-23)22-24-9-5-2-6-10-24)32-33(34,30(26)31(28)39-32)17-18-35(29)20-25-11-12-25/h1,3-4,7-8,11,13-14,24,27,29,32,37-38H,2,5-6,9-10,12,15-22H2/t27-,29-,32+,33+,34-/m1/s1. The van der Waals surface area contributed by atoms with Crippen LogP contribution in [0.2, 0.25) is 0 Å². The van der Waals surface area contributed by atoms with Crippen molar-refractivity contribution in [3.63, 3.8) is 0 Å². The van der Waals surface area contributed by atoms with Crippen LogP contribution in [0.3, 0.4) is 0 Å². The molecule has 5 nitrogen and oxygen atoms in total. The summed E-state index contributed by atoms with van der Waals surface area (Å²) >= 11 is 0. The molecular weight excluding hydrogens is 484 g/mol. The van der Waals surface area contributed by atoms with Gasteiger partial charge in [0.05, 0.1) is 11.0 Å². The third kappa shape index (κ3) is 3.69. The van der Waals surface area contributed by atoms with Crippen LogP contribution in [-0.4, -0.2) is 63.4 Å². The molecule has 0 unspecified atom stereocenters. The number of hydrogen-bond acceptors (Lipinski definition) is 5. The van der Waals surface area contributed by atoms with E-state index in [4.69, 9.17) is 4.74 Å². The number of aromatic hydroxyl groups is 1. The van der Waals surface area contributed by atoms with Gasteiger partial charge in [0.2, 0.25) is 0 Å². The minimum absolute atomic E-state index is 0.101. The van der Waals surface area contributed by atoms with E-state index in [1.165, 1.54) is 48.8 Å². The first-order valence-electron chi connectivity index (χ1n) is 15.5. The monoisotopic (exact) mass is 526 g/mol. The van der Waals surface area contributed by atoms with Crippen LogP contribution in [0.4, 0.5) is 0 Å². The zero-order chi connectivity index (χ0) is 26.2. The zero-order valence-electron chi connectivity index (χ0n) is 23.0. The molecule has 2 aliphatic heterocycles. The smallest absolute Gasteiger partial charge is 0.165 e. The third-order valence-corrected chi connectivity index (χ3v) is 11.4. The zero-order valence-corrected chi connectivity index (χ0v) is 23.0. The van der Waals surface area contributed by atoms with Crippen LogP contribution < -0.4 is 4.74 Å². The van der Waals surface area contributed by atoms with Crippen molar-refractivity contribution in [3.05, 3.63) is 70.8 Å². The Balaban J connectivity index is 1.20. The van der Waals surface area contributed by atoms with Crippen LogP contribution >= 0.6 is 0 Å². The molecule has 5 atom stereocenters. The molecule has 2 aromatic carbocycles. The van der Waals surface area contributed by atoms with Crippen molar-refractivity contribution in [1.82, 2.24) is 9.80 Å². The van der Waals surface area contributed by atoms with Crippen molar-refractivity contribution >= 4 is 0 Å². The highest BCUT2D eigenvalue weighted by atomic mass is 16.5. The highest BCUT2D eigenvalue weighted by molar-refractivity contribution is 5.62. The summed E-state index contributed by atoms with van der Waals surface area (Å²) in [4.78, 5) is 5.29. The highest BCUT2D eigenvalue weighted by Gasteiger charge is 2.73. The SMILES string of the molecule is Oc1ccc2c3c1O[C@H]1[C@H](N(Cc4ccccc4)CC4CCCCC4)CC[C@@]4(O)[C@@H](C2)N(CC2=CC2)CC[C@]314. The van der Waals surface area contributed by atoms with E-state index in [0.29, 0.717) is 5.75 Å². The number of hydrogen-bond donors (Lipinski definition) is 2. The van der Waals surface area contributed by atoms with E-state index in [2.05, 4.69) is 52.3 Å². The van der Waals surface area contributed by atoms with Crippen LogP contribution in [0.1, 0.15) is 74.5 Å². The quantitative estimate of drug-likeness (QED) is 0.478. The molecule has 2 N–H and O–H groups in total. The summed E-state index contributed by atoms with van der Waals surface area (Å²) in [7, 11) is 0. The first kappa shape index (κ1) is 24.5. The van der Waals surface area contributed by atoms with Crippen molar-refractivity contribution in [2.24, 2.45) is 5.92 Å². The highest BCUT2D eigenvalue weighted by Crippen LogP contribution is 2.66. The van der Waals surface area contributed by atoms with Gasteiger partial charge in [0.15, 0.2) is 11.5 Å². The lowest BCUT2D eigenvalue weighted by Gasteiger charge is -2.65. The lowest BCUT2D eigenvalue weighted by Crippen LogP contribution is -2.78. The second kappa shape index (κ2) is 9.09. The fraction of sp³-hybridized carbons (Fsp3) is 0.588. The van der Waals surface area contributed by atoms with Crippen molar-refractivity contribution in [2.75, 3.05) is 19.6 Å². The van der Waals surface area contributed by atoms with Crippen molar-refractivity contribution in [1.29, 1.82) is 0 Å². The molecule has 1 saturated heterocycles. The van der Waals surface area contributed by atoms with Crippen LogP contribution in [-0.2, 0) is 18.4 Å². The van der Waals surface area contributed by atoms with Gasteiger partial charge in [0, 0.05) is 43.8 Å². The normalized spacial score (nSPS) is 34.9. The maximum Gasteiger partial charge on any atom is 0.165 e. The van der Waals surface area contributed by atoms with Crippen LogP contribution in [0, 0.1) is 5.92 Å². The lowest BCUT2D eigenvalue weighted by molar-refractivity contribution is -0.200. The second-order valence-corrected chi connectivity index (χ2v) is 13.4. The van der Waals surface area contributed by atoms with Crippen LogP contribution in [0.5, 0.6) is 11.5 Å². The molecule has 2 saturated carbocycles. The first-order chi connectivity index (χ1) is 19.1. The average molecular weight is 527 g/mol. The van der Waals surface area contributed by atoms with E-state index < -0.39 is 11.0 Å². The number of nitrogens with zero attached hydrogens (tertiary/aromatic N) is 2. The number of piperidine rings is 1. The predicted octanol–water partition coefficient (Wildman–Crippen LogP) is 5.33. The van der Waals surface area contributed by atoms with Gasteiger partial charge in [-0.15, -0.1) is 0 Å². The van der Waals surface area contributed by atoms with Crippen molar-refractivity contribution in [3.8, 4) is 11.5 Å². The van der Waals surface area contributed by atoms with E-state index >= 15 is 0 Å². The van der Waals surface area contributed by atoms with Crippen molar-refractivity contribution in [2.45, 2.75) is 100.0 Å². The average Bonchev–Trinajstić information content (AvgIpc) is 3.70. The number of ether oxygens (including phenoxy) is 1. The number of aliphatic hydroxyl groups is 1. The van der Waals surface area contributed by atoms with Gasteiger partial charge in [0.1, 0.15) is 6.10 Å². The van der Waals surface area contributed by atoms with Gasteiger partial charge in [-0.3, -0.25) is 9.80 Å². The van der Waals surface area contributed by atoms with Gasteiger partial charge in [0.25, 0.3) is 0 Å².